The monoisotopic (exact) mass is 502 g/mol. The molecule has 1 fully saturated rings. The van der Waals surface area contributed by atoms with Crippen molar-refractivity contribution in [1.29, 1.82) is 0 Å². The number of hydrogen-bond donors (Lipinski definition) is 1. The van der Waals surface area contributed by atoms with Gasteiger partial charge >= 0.3 is 4.87 Å². The van der Waals surface area contributed by atoms with E-state index >= 15 is 0 Å². The lowest BCUT2D eigenvalue weighted by Gasteiger charge is -2.29. The van der Waals surface area contributed by atoms with Crippen LogP contribution in [0.2, 0.25) is 0 Å². The Morgan fingerprint density at radius 3 is 2.37 bits per heavy atom. The Bertz CT molecular complexity index is 1200. The van der Waals surface area contributed by atoms with Crippen molar-refractivity contribution in [3.05, 3.63) is 73.1 Å². The second-order valence-corrected chi connectivity index (χ2v) is 10.1. The molecule has 0 radical (unpaired) electrons. The summed E-state index contributed by atoms with van der Waals surface area (Å²) in [5.41, 5.74) is 1.43. The van der Waals surface area contributed by atoms with Crippen LogP contribution in [0.5, 0.6) is 5.75 Å². The van der Waals surface area contributed by atoms with Gasteiger partial charge in [0.2, 0.25) is 11.8 Å². The molecule has 0 unspecified atom stereocenters. The van der Waals surface area contributed by atoms with E-state index in [1.54, 1.807) is 31.4 Å². The fourth-order valence-corrected chi connectivity index (χ4v) is 6.81. The number of benzene rings is 2. The predicted molar refractivity (Wildman–Crippen MR) is 120 cm³/mol. The van der Waals surface area contributed by atoms with Gasteiger partial charge in [-0.25, -0.2) is 4.90 Å². The number of hydrogen-bond acceptors (Lipinski definition) is 6. The highest BCUT2D eigenvalue weighted by molar-refractivity contribution is 9.10. The number of nitrogens with zero attached hydrogens (tertiary/aromatic N) is 1. The average Bonchev–Trinajstić information content (AvgIpc) is 3.24. The molecular weight excluding hydrogens is 488 g/mol. The van der Waals surface area contributed by atoms with Crippen LogP contribution < -0.4 is 14.5 Å². The lowest BCUT2D eigenvalue weighted by atomic mass is 9.83. The smallest absolute Gasteiger partial charge is 0.305 e. The molecule has 6 nitrogen and oxygen atoms in total. The quantitative estimate of drug-likeness (QED) is 0.547. The maximum atomic E-state index is 13.5. The van der Waals surface area contributed by atoms with Gasteiger partial charge in [0.1, 0.15) is 11.0 Å². The summed E-state index contributed by atoms with van der Waals surface area (Å²) < 4.78 is 6.12. The number of amides is 2. The molecule has 3 aromatic rings. The first-order valence-electron chi connectivity index (χ1n) is 9.15. The molecule has 0 aliphatic carbocycles. The Morgan fingerprint density at radius 1 is 1.00 bits per heavy atom. The van der Waals surface area contributed by atoms with Crippen molar-refractivity contribution < 1.29 is 14.3 Å². The van der Waals surface area contributed by atoms with Crippen LogP contribution in [0.1, 0.15) is 16.4 Å². The Hall–Kier alpha value is -2.36. The van der Waals surface area contributed by atoms with Crippen molar-refractivity contribution in [1.82, 2.24) is 4.98 Å². The summed E-state index contributed by atoms with van der Waals surface area (Å²) in [5.74, 6) is -0.759. The number of fused-ring (bicyclic) bond motifs is 2. The molecule has 152 valence electrons. The molecule has 0 bridgehead atoms. The number of methoxy groups -OCH3 is 1. The van der Waals surface area contributed by atoms with Crippen molar-refractivity contribution >= 4 is 56.5 Å². The van der Waals surface area contributed by atoms with Gasteiger partial charge in [-0.2, -0.15) is 0 Å². The number of H-pyrrole nitrogens is 1. The lowest BCUT2D eigenvalue weighted by Crippen LogP contribution is -2.32. The number of anilines is 1. The second kappa shape index (κ2) is 7.40. The molecule has 2 aliphatic heterocycles. The van der Waals surface area contributed by atoms with Gasteiger partial charge in [-0.05, 0) is 42.0 Å². The van der Waals surface area contributed by atoms with Crippen molar-refractivity contribution in [3.8, 4) is 5.75 Å². The standard InChI is InChI=1S/C21H15BrN2O4S2/c1-28-13-8-2-10(3-9-13)14-15-17(29-18-16(14)30-21(27)23-18)20(26)24(19(15)25)12-6-4-11(22)5-7-12/h2-9,14-15,17H,1H3,(H,23,27)/t14-,15+,17-/m0/s1. The highest BCUT2D eigenvalue weighted by Gasteiger charge is 2.56. The van der Waals surface area contributed by atoms with E-state index < -0.39 is 11.2 Å². The van der Waals surface area contributed by atoms with Crippen LogP contribution >= 0.6 is 39.0 Å². The number of thiazole rings is 1. The zero-order chi connectivity index (χ0) is 21.0. The summed E-state index contributed by atoms with van der Waals surface area (Å²) in [6.07, 6.45) is 0. The minimum Gasteiger partial charge on any atom is -0.497 e. The first-order chi connectivity index (χ1) is 14.5. The molecule has 30 heavy (non-hydrogen) atoms. The zero-order valence-corrected chi connectivity index (χ0v) is 18.8. The number of nitrogens with one attached hydrogen (secondary N) is 1. The third kappa shape index (κ3) is 3.03. The van der Waals surface area contributed by atoms with Gasteiger partial charge in [0.05, 0.1) is 23.7 Å². The maximum Gasteiger partial charge on any atom is 0.305 e. The van der Waals surface area contributed by atoms with Crippen molar-refractivity contribution in [2.75, 3.05) is 12.0 Å². The van der Waals surface area contributed by atoms with E-state index in [9.17, 15) is 14.4 Å². The van der Waals surface area contributed by atoms with E-state index in [4.69, 9.17) is 4.74 Å². The van der Waals surface area contributed by atoms with E-state index in [2.05, 4.69) is 20.9 Å². The highest BCUT2D eigenvalue weighted by atomic mass is 79.9. The van der Waals surface area contributed by atoms with E-state index in [-0.39, 0.29) is 22.6 Å². The third-order valence-electron chi connectivity index (χ3n) is 5.38. The zero-order valence-electron chi connectivity index (χ0n) is 15.6. The molecule has 0 spiro atoms. The molecule has 9 heteroatoms. The van der Waals surface area contributed by atoms with Gasteiger partial charge in [-0.1, -0.05) is 51.2 Å². The summed E-state index contributed by atoms with van der Waals surface area (Å²) in [6.45, 7) is 0. The average molecular weight is 503 g/mol. The van der Waals surface area contributed by atoms with Crippen LogP contribution in [0.3, 0.4) is 0 Å². The number of imide groups is 1. The minimum atomic E-state index is -0.592. The van der Waals surface area contributed by atoms with Gasteiger partial charge in [0, 0.05) is 15.3 Å². The summed E-state index contributed by atoms with van der Waals surface area (Å²) >= 11 is 5.76. The van der Waals surface area contributed by atoms with Crippen LogP contribution in [0, 0.1) is 5.92 Å². The van der Waals surface area contributed by atoms with E-state index in [1.807, 2.05) is 24.3 Å². The fraction of sp³-hybridized carbons (Fsp3) is 0.190. The number of aromatic amines is 1. The Balaban J connectivity index is 1.63. The lowest BCUT2D eigenvalue weighted by molar-refractivity contribution is -0.122. The number of halogens is 1. The summed E-state index contributed by atoms with van der Waals surface area (Å²) in [5, 5.41) is 0.0804. The molecule has 1 aromatic heterocycles. The molecule has 2 amide bonds. The first-order valence-corrected chi connectivity index (χ1v) is 11.6. The Labute approximate surface area is 188 Å². The van der Waals surface area contributed by atoms with Gasteiger partial charge in [-0.15, -0.1) is 0 Å². The molecule has 0 saturated carbocycles. The molecular formula is C21H15BrN2O4S2. The molecule has 2 aliphatic rings. The van der Waals surface area contributed by atoms with E-state index in [0.717, 1.165) is 26.3 Å². The summed E-state index contributed by atoms with van der Waals surface area (Å²) in [6, 6.07) is 14.6. The maximum absolute atomic E-state index is 13.5. The minimum absolute atomic E-state index is 0.185. The van der Waals surface area contributed by atoms with E-state index in [1.165, 1.54) is 16.7 Å². The van der Waals surface area contributed by atoms with Crippen LogP contribution in [0.4, 0.5) is 5.69 Å². The summed E-state index contributed by atoms with van der Waals surface area (Å²) in [4.78, 5) is 43.6. The van der Waals surface area contributed by atoms with Crippen LogP contribution in [0.15, 0.2) is 62.8 Å². The number of rotatable bonds is 3. The molecule has 2 aromatic carbocycles. The van der Waals surface area contributed by atoms with Crippen LogP contribution in [-0.2, 0) is 9.59 Å². The first kappa shape index (κ1) is 19.6. The Kier molecular flexibility index (Phi) is 4.83. The van der Waals surface area contributed by atoms with Crippen molar-refractivity contribution in [2.45, 2.75) is 16.2 Å². The van der Waals surface area contributed by atoms with Crippen LogP contribution in [-0.4, -0.2) is 29.2 Å². The van der Waals surface area contributed by atoms with Crippen LogP contribution in [0.25, 0.3) is 0 Å². The van der Waals surface area contributed by atoms with Gasteiger partial charge < -0.3 is 9.72 Å². The molecule has 3 heterocycles. The third-order valence-corrected chi connectivity index (χ3v) is 8.31. The van der Waals surface area contributed by atoms with Gasteiger partial charge in [0.15, 0.2) is 0 Å². The number of carbonyl (C=O) groups excluding carboxylic acids is 2. The summed E-state index contributed by atoms with van der Waals surface area (Å²) in [7, 11) is 1.59. The molecule has 5 rings (SSSR count). The van der Waals surface area contributed by atoms with Gasteiger partial charge in [-0.3, -0.25) is 14.4 Å². The molecule has 3 atom stereocenters. The number of thioether (sulfide) groups is 1. The second-order valence-electron chi connectivity index (χ2n) is 7.01. The SMILES string of the molecule is COc1ccc([C@@H]2c3sc(=O)[nH]c3S[C@@H]3C(=O)N(c4ccc(Br)cc4)C(=O)[C@H]23)cc1. The normalized spacial score (nSPS) is 22.7. The van der Waals surface area contributed by atoms with Crippen molar-refractivity contribution in [3.63, 3.8) is 0 Å². The van der Waals surface area contributed by atoms with Gasteiger partial charge in [0.25, 0.3) is 0 Å². The number of ether oxygens (including phenoxy) is 1. The Morgan fingerprint density at radius 2 is 1.70 bits per heavy atom. The highest BCUT2D eigenvalue weighted by Crippen LogP contribution is 2.53. The van der Waals surface area contributed by atoms with Crippen molar-refractivity contribution in [2.24, 2.45) is 5.92 Å². The topological polar surface area (TPSA) is 79.5 Å². The predicted octanol–water partition coefficient (Wildman–Crippen LogP) is 4.00. The largest absolute Gasteiger partial charge is 0.497 e. The number of aromatic nitrogens is 1. The van der Waals surface area contributed by atoms with E-state index in [0.29, 0.717) is 16.5 Å². The molecule has 1 saturated heterocycles. The number of carbonyl (C=O) groups is 2. The molecule has 1 N–H and O–H groups in total. The fourth-order valence-electron chi connectivity index (χ4n) is 4.03.